The molecule has 18 heavy (non-hydrogen) atoms. The van der Waals surface area contributed by atoms with Crippen LogP contribution >= 0.6 is 11.6 Å². The molecule has 1 heterocycles. The van der Waals surface area contributed by atoms with Crippen LogP contribution in [0.15, 0.2) is 30.3 Å². The van der Waals surface area contributed by atoms with Crippen LogP contribution < -0.4 is 0 Å². The molecule has 2 aromatic rings. The third-order valence-corrected chi connectivity index (χ3v) is 3.66. The molecule has 0 saturated heterocycles. The highest BCUT2D eigenvalue weighted by atomic mass is 35.5. The van der Waals surface area contributed by atoms with Crippen LogP contribution in [0.5, 0.6) is 0 Å². The minimum atomic E-state index is -0.953. The predicted molar refractivity (Wildman–Crippen MR) is 72.7 cm³/mol. The molecule has 0 radical (unpaired) electrons. The third-order valence-electron chi connectivity index (χ3n) is 3.17. The Morgan fingerprint density at radius 2 is 1.94 bits per heavy atom. The number of aryl methyl sites for hydroxylation is 2. The third kappa shape index (κ3) is 2.42. The quantitative estimate of drug-likeness (QED) is 0.926. The Morgan fingerprint density at radius 3 is 2.44 bits per heavy atom. The molecule has 1 atom stereocenters. The molecule has 0 aliphatic heterocycles. The maximum absolute atomic E-state index is 10.6. The molecule has 96 valence electrons. The van der Waals surface area contributed by atoms with Gasteiger partial charge in [0, 0.05) is 13.5 Å². The van der Waals surface area contributed by atoms with Crippen molar-refractivity contribution in [2.45, 2.75) is 25.9 Å². The number of benzene rings is 1. The molecule has 1 N–H and O–H groups in total. The molecule has 0 fully saturated rings. The summed E-state index contributed by atoms with van der Waals surface area (Å²) >= 11 is 6.21. The molecule has 0 spiro atoms. The molecule has 4 heteroatoms. The number of nitrogens with zero attached hydrogens (tertiary/aromatic N) is 2. The van der Waals surface area contributed by atoms with Crippen molar-refractivity contribution < 1.29 is 5.11 Å². The zero-order valence-electron chi connectivity index (χ0n) is 10.8. The van der Waals surface area contributed by atoms with Gasteiger partial charge in [0.15, 0.2) is 0 Å². The lowest BCUT2D eigenvalue weighted by molar-refractivity contribution is 0.0556. The Hall–Kier alpha value is -1.32. The first-order chi connectivity index (χ1) is 8.42. The summed E-state index contributed by atoms with van der Waals surface area (Å²) in [6.07, 6.45) is 0.438. The zero-order valence-corrected chi connectivity index (χ0v) is 11.6. The van der Waals surface area contributed by atoms with Crippen LogP contribution in [0.2, 0.25) is 5.02 Å². The van der Waals surface area contributed by atoms with Crippen molar-refractivity contribution >= 4 is 11.6 Å². The maximum Gasteiger partial charge on any atom is 0.0924 e. The fourth-order valence-corrected chi connectivity index (χ4v) is 2.32. The standard InChI is InChI=1S/C14H17ClN2O/c1-10-13(15)12(17(3)16-10)9-14(2,18)11-7-5-4-6-8-11/h4-8,18H,9H2,1-3H3. The second-order valence-electron chi connectivity index (χ2n) is 4.79. The lowest BCUT2D eigenvalue weighted by atomic mass is 9.91. The molecule has 0 amide bonds. The van der Waals surface area contributed by atoms with Gasteiger partial charge in [-0.3, -0.25) is 4.68 Å². The van der Waals surface area contributed by atoms with Crippen LogP contribution in [0.1, 0.15) is 23.9 Å². The van der Waals surface area contributed by atoms with Crippen molar-refractivity contribution in [2.24, 2.45) is 7.05 Å². The fraction of sp³-hybridized carbons (Fsp3) is 0.357. The molecule has 0 saturated carbocycles. The Labute approximate surface area is 112 Å². The van der Waals surface area contributed by atoms with Gasteiger partial charge in [-0.2, -0.15) is 5.10 Å². The van der Waals surface area contributed by atoms with Crippen molar-refractivity contribution in [1.82, 2.24) is 9.78 Å². The number of hydrogen-bond acceptors (Lipinski definition) is 2. The summed E-state index contributed by atoms with van der Waals surface area (Å²) in [6, 6.07) is 9.59. The van der Waals surface area contributed by atoms with E-state index in [9.17, 15) is 5.11 Å². The summed E-state index contributed by atoms with van der Waals surface area (Å²) in [7, 11) is 1.84. The zero-order chi connectivity index (χ0) is 13.3. The van der Waals surface area contributed by atoms with Gasteiger partial charge in [-0.25, -0.2) is 0 Å². The summed E-state index contributed by atoms with van der Waals surface area (Å²) < 4.78 is 1.73. The maximum atomic E-state index is 10.6. The lowest BCUT2D eigenvalue weighted by Crippen LogP contribution is -2.25. The minimum absolute atomic E-state index is 0.438. The largest absolute Gasteiger partial charge is 0.385 e. The smallest absolute Gasteiger partial charge is 0.0924 e. The number of aromatic nitrogens is 2. The van der Waals surface area contributed by atoms with E-state index in [4.69, 9.17) is 11.6 Å². The molecule has 1 aromatic heterocycles. The predicted octanol–water partition coefficient (Wildman–Crippen LogP) is 2.83. The second kappa shape index (κ2) is 4.75. The van der Waals surface area contributed by atoms with Crippen molar-refractivity contribution in [2.75, 3.05) is 0 Å². The van der Waals surface area contributed by atoms with Crippen LogP contribution in [0.4, 0.5) is 0 Å². The highest BCUT2D eigenvalue weighted by Gasteiger charge is 2.27. The van der Waals surface area contributed by atoms with Gasteiger partial charge in [0.1, 0.15) is 0 Å². The van der Waals surface area contributed by atoms with Gasteiger partial charge < -0.3 is 5.11 Å². The number of rotatable bonds is 3. The summed E-state index contributed by atoms with van der Waals surface area (Å²) in [5.41, 5.74) is 1.56. The normalized spacial score (nSPS) is 14.5. The van der Waals surface area contributed by atoms with Gasteiger partial charge in [0.2, 0.25) is 0 Å². The molecular weight excluding hydrogens is 248 g/mol. The van der Waals surface area contributed by atoms with E-state index in [0.29, 0.717) is 11.4 Å². The summed E-state index contributed by atoms with van der Waals surface area (Å²) in [6.45, 7) is 3.66. The van der Waals surface area contributed by atoms with Gasteiger partial charge in [0.25, 0.3) is 0 Å². The average molecular weight is 265 g/mol. The van der Waals surface area contributed by atoms with Crippen molar-refractivity contribution in [3.05, 3.63) is 52.3 Å². The number of aliphatic hydroxyl groups is 1. The van der Waals surface area contributed by atoms with E-state index in [1.54, 1.807) is 11.6 Å². The topological polar surface area (TPSA) is 38.0 Å². The Morgan fingerprint density at radius 1 is 1.33 bits per heavy atom. The van der Waals surface area contributed by atoms with E-state index < -0.39 is 5.60 Å². The highest BCUT2D eigenvalue weighted by molar-refractivity contribution is 6.31. The first-order valence-electron chi connectivity index (χ1n) is 5.87. The Kier molecular flexibility index (Phi) is 3.46. The molecular formula is C14H17ClN2O. The number of halogens is 1. The SMILES string of the molecule is Cc1nn(C)c(CC(C)(O)c2ccccc2)c1Cl. The molecule has 2 rings (SSSR count). The molecule has 1 unspecified atom stereocenters. The van der Waals surface area contributed by atoms with E-state index >= 15 is 0 Å². The molecule has 3 nitrogen and oxygen atoms in total. The number of hydrogen-bond donors (Lipinski definition) is 1. The molecule has 0 bridgehead atoms. The lowest BCUT2D eigenvalue weighted by Gasteiger charge is -2.24. The first-order valence-corrected chi connectivity index (χ1v) is 6.25. The van der Waals surface area contributed by atoms with E-state index in [1.165, 1.54) is 0 Å². The summed E-state index contributed by atoms with van der Waals surface area (Å²) in [4.78, 5) is 0. The second-order valence-corrected chi connectivity index (χ2v) is 5.16. The van der Waals surface area contributed by atoms with Crippen molar-refractivity contribution in [1.29, 1.82) is 0 Å². The van der Waals surface area contributed by atoms with E-state index in [2.05, 4.69) is 5.10 Å². The van der Waals surface area contributed by atoms with E-state index in [1.807, 2.05) is 44.3 Å². The van der Waals surface area contributed by atoms with Crippen LogP contribution in [-0.4, -0.2) is 14.9 Å². The van der Waals surface area contributed by atoms with Crippen LogP contribution in [0.3, 0.4) is 0 Å². The van der Waals surface area contributed by atoms with E-state index in [-0.39, 0.29) is 0 Å². The van der Waals surface area contributed by atoms with Crippen LogP contribution in [0, 0.1) is 6.92 Å². The average Bonchev–Trinajstić information content (AvgIpc) is 2.57. The highest BCUT2D eigenvalue weighted by Crippen LogP contribution is 2.29. The Bertz CT molecular complexity index is 546. The summed E-state index contributed by atoms with van der Waals surface area (Å²) in [5, 5.41) is 15.5. The summed E-state index contributed by atoms with van der Waals surface area (Å²) in [5.74, 6) is 0. The van der Waals surface area contributed by atoms with Gasteiger partial charge in [-0.1, -0.05) is 41.9 Å². The van der Waals surface area contributed by atoms with Gasteiger partial charge in [-0.15, -0.1) is 0 Å². The molecule has 0 aliphatic carbocycles. The monoisotopic (exact) mass is 264 g/mol. The molecule has 1 aromatic carbocycles. The van der Waals surface area contributed by atoms with Gasteiger partial charge in [-0.05, 0) is 19.4 Å². The van der Waals surface area contributed by atoms with Crippen LogP contribution in [-0.2, 0) is 19.1 Å². The van der Waals surface area contributed by atoms with Crippen LogP contribution in [0.25, 0.3) is 0 Å². The Balaban J connectivity index is 2.33. The van der Waals surface area contributed by atoms with Crippen molar-refractivity contribution in [3.8, 4) is 0 Å². The van der Waals surface area contributed by atoms with Gasteiger partial charge in [0.05, 0.1) is 22.0 Å². The van der Waals surface area contributed by atoms with E-state index in [0.717, 1.165) is 17.0 Å². The van der Waals surface area contributed by atoms with Gasteiger partial charge >= 0.3 is 0 Å². The minimum Gasteiger partial charge on any atom is -0.385 e. The molecule has 0 aliphatic rings. The fourth-order valence-electron chi connectivity index (χ4n) is 2.10. The van der Waals surface area contributed by atoms with Crippen molar-refractivity contribution in [3.63, 3.8) is 0 Å². The first kappa shape index (κ1) is 13.1.